The third-order valence-corrected chi connectivity index (χ3v) is 3.96. The largest absolute Gasteiger partial charge is 0.269 e. The summed E-state index contributed by atoms with van der Waals surface area (Å²) in [5.41, 5.74) is 2.82. The zero-order valence-electron chi connectivity index (χ0n) is 12.9. The number of amides is 4. The monoisotopic (exact) mass is 310 g/mol. The standard InChI is InChI=1S/C17H14N2O4/c1-9-8-10(2)17(19-14(22)6-7-15(19)23)11(3)16(9)18-12(20)4-5-13(18)21/h4-8H,1-3H3. The number of anilines is 2. The summed E-state index contributed by atoms with van der Waals surface area (Å²) in [4.78, 5) is 50.1. The van der Waals surface area contributed by atoms with Crippen molar-refractivity contribution in [1.82, 2.24) is 0 Å². The van der Waals surface area contributed by atoms with Gasteiger partial charge in [-0.1, -0.05) is 6.07 Å². The van der Waals surface area contributed by atoms with Gasteiger partial charge in [0.25, 0.3) is 23.6 Å². The van der Waals surface area contributed by atoms with Gasteiger partial charge in [-0.15, -0.1) is 0 Å². The van der Waals surface area contributed by atoms with E-state index in [9.17, 15) is 19.2 Å². The number of hydrogen-bond acceptors (Lipinski definition) is 4. The SMILES string of the molecule is Cc1cc(C)c(N2C(=O)C=CC2=O)c(C)c1N1C(=O)C=CC1=O. The Labute approximate surface area is 132 Å². The van der Waals surface area contributed by atoms with Crippen molar-refractivity contribution in [1.29, 1.82) is 0 Å². The predicted molar refractivity (Wildman–Crippen MR) is 83.9 cm³/mol. The van der Waals surface area contributed by atoms with Crippen LogP contribution < -0.4 is 9.80 Å². The van der Waals surface area contributed by atoms with Gasteiger partial charge in [-0.3, -0.25) is 19.2 Å². The number of rotatable bonds is 2. The molecule has 0 saturated carbocycles. The molecule has 4 amide bonds. The van der Waals surface area contributed by atoms with Crippen LogP contribution in [0.5, 0.6) is 0 Å². The summed E-state index contributed by atoms with van der Waals surface area (Å²) in [6.07, 6.45) is 4.81. The van der Waals surface area contributed by atoms with Crippen molar-refractivity contribution in [3.8, 4) is 0 Å². The first-order chi connectivity index (χ1) is 10.8. The van der Waals surface area contributed by atoms with Crippen molar-refractivity contribution in [3.63, 3.8) is 0 Å². The average Bonchev–Trinajstić information content (AvgIpc) is 2.96. The lowest BCUT2D eigenvalue weighted by Crippen LogP contribution is -2.34. The van der Waals surface area contributed by atoms with Crippen LogP contribution in [0.1, 0.15) is 16.7 Å². The van der Waals surface area contributed by atoms with Gasteiger partial charge in [0.2, 0.25) is 0 Å². The first kappa shape index (κ1) is 14.9. The molecule has 2 aliphatic rings. The van der Waals surface area contributed by atoms with E-state index < -0.39 is 23.6 Å². The zero-order chi connectivity index (χ0) is 16.9. The molecule has 2 aliphatic heterocycles. The first-order valence-corrected chi connectivity index (χ1v) is 7.06. The highest BCUT2D eigenvalue weighted by Crippen LogP contribution is 2.38. The van der Waals surface area contributed by atoms with Gasteiger partial charge in [-0.05, 0) is 37.5 Å². The van der Waals surface area contributed by atoms with Gasteiger partial charge in [-0.25, -0.2) is 9.80 Å². The van der Waals surface area contributed by atoms with Crippen LogP contribution in [0.15, 0.2) is 30.4 Å². The number of carbonyl (C=O) groups is 4. The predicted octanol–water partition coefficient (Wildman–Crippen LogP) is 1.47. The van der Waals surface area contributed by atoms with Crippen molar-refractivity contribution < 1.29 is 19.2 Å². The second-order valence-electron chi connectivity index (χ2n) is 5.52. The molecule has 0 fully saturated rings. The second-order valence-corrected chi connectivity index (χ2v) is 5.52. The molecule has 0 saturated heterocycles. The van der Waals surface area contributed by atoms with E-state index in [-0.39, 0.29) is 0 Å². The van der Waals surface area contributed by atoms with Crippen molar-refractivity contribution in [2.24, 2.45) is 0 Å². The topological polar surface area (TPSA) is 74.8 Å². The van der Waals surface area contributed by atoms with Crippen LogP contribution in [0.25, 0.3) is 0 Å². The number of hydrogen-bond donors (Lipinski definition) is 0. The molecule has 0 bridgehead atoms. The molecular formula is C17H14N2O4. The van der Waals surface area contributed by atoms with E-state index in [2.05, 4.69) is 0 Å². The fourth-order valence-electron chi connectivity index (χ4n) is 3.09. The van der Waals surface area contributed by atoms with Gasteiger partial charge in [0.1, 0.15) is 0 Å². The van der Waals surface area contributed by atoms with Gasteiger partial charge >= 0.3 is 0 Å². The number of carbonyl (C=O) groups excluding carboxylic acids is 4. The van der Waals surface area contributed by atoms with Crippen LogP contribution in [0.3, 0.4) is 0 Å². The molecule has 1 aromatic carbocycles. The number of aryl methyl sites for hydroxylation is 2. The summed E-state index contributed by atoms with van der Waals surface area (Å²) in [5.74, 6) is -1.75. The third-order valence-electron chi connectivity index (χ3n) is 3.96. The zero-order valence-corrected chi connectivity index (χ0v) is 12.9. The maximum Gasteiger partial charge on any atom is 0.258 e. The number of benzene rings is 1. The van der Waals surface area contributed by atoms with E-state index in [4.69, 9.17) is 0 Å². The minimum Gasteiger partial charge on any atom is -0.269 e. The van der Waals surface area contributed by atoms with E-state index in [1.807, 2.05) is 0 Å². The molecule has 0 aliphatic carbocycles. The molecule has 23 heavy (non-hydrogen) atoms. The lowest BCUT2D eigenvalue weighted by atomic mass is 10.00. The van der Waals surface area contributed by atoms with Crippen LogP contribution in [-0.4, -0.2) is 23.6 Å². The Kier molecular flexibility index (Phi) is 3.25. The normalized spacial score (nSPS) is 17.2. The summed E-state index contributed by atoms with van der Waals surface area (Å²) in [7, 11) is 0. The van der Waals surface area contributed by atoms with Gasteiger partial charge in [0.05, 0.1) is 11.4 Å². The van der Waals surface area contributed by atoms with E-state index in [1.165, 1.54) is 24.3 Å². The summed E-state index contributed by atoms with van der Waals surface area (Å²) in [6.45, 7) is 5.26. The Morgan fingerprint density at radius 3 is 1.22 bits per heavy atom. The van der Waals surface area contributed by atoms with E-state index in [0.717, 1.165) is 20.9 Å². The van der Waals surface area contributed by atoms with Crippen LogP contribution in [0, 0.1) is 20.8 Å². The van der Waals surface area contributed by atoms with E-state index in [0.29, 0.717) is 16.9 Å². The van der Waals surface area contributed by atoms with Gasteiger partial charge < -0.3 is 0 Å². The quantitative estimate of drug-likeness (QED) is 0.775. The molecule has 0 atom stereocenters. The van der Waals surface area contributed by atoms with Crippen LogP contribution >= 0.6 is 0 Å². The van der Waals surface area contributed by atoms with Crippen molar-refractivity contribution in [2.75, 3.05) is 9.80 Å². The first-order valence-electron chi connectivity index (χ1n) is 7.06. The highest BCUT2D eigenvalue weighted by atomic mass is 16.2. The molecule has 1 aromatic rings. The lowest BCUT2D eigenvalue weighted by Gasteiger charge is -2.26. The van der Waals surface area contributed by atoms with Gasteiger partial charge in [-0.2, -0.15) is 0 Å². The van der Waals surface area contributed by atoms with Crippen LogP contribution in [0.2, 0.25) is 0 Å². The van der Waals surface area contributed by atoms with Gasteiger partial charge in [0, 0.05) is 24.3 Å². The van der Waals surface area contributed by atoms with E-state index in [1.54, 1.807) is 26.8 Å². The summed E-state index contributed by atoms with van der Waals surface area (Å²) in [6, 6.07) is 1.76. The molecule has 0 spiro atoms. The summed E-state index contributed by atoms with van der Waals surface area (Å²) in [5, 5.41) is 0. The average molecular weight is 310 g/mol. The lowest BCUT2D eigenvalue weighted by molar-refractivity contribution is -0.121. The summed E-state index contributed by atoms with van der Waals surface area (Å²) < 4.78 is 0. The highest BCUT2D eigenvalue weighted by molar-refractivity contribution is 6.31. The Balaban J connectivity index is 2.22. The molecule has 0 radical (unpaired) electrons. The van der Waals surface area contributed by atoms with E-state index >= 15 is 0 Å². The number of imide groups is 2. The van der Waals surface area contributed by atoms with Crippen molar-refractivity contribution >= 4 is 35.0 Å². The molecule has 116 valence electrons. The Morgan fingerprint density at radius 2 is 0.913 bits per heavy atom. The highest BCUT2D eigenvalue weighted by Gasteiger charge is 2.33. The fraction of sp³-hybridized carbons (Fsp3) is 0.176. The molecular weight excluding hydrogens is 296 g/mol. The molecule has 6 heteroatoms. The van der Waals surface area contributed by atoms with Gasteiger partial charge in [0.15, 0.2) is 0 Å². The molecule has 0 N–H and O–H groups in total. The maximum atomic E-state index is 12.0. The Bertz CT molecular complexity index is 746. The maximum absolute atomic E-state index is 12.0. The molecule has 0 unspecified atom stereocenters. The minimum absolute atomic E-state index is 0.415. The van der Waals surface area contributed by atoms with Crippen LogP contribution in [-0.2, 0) is 19.2 Å². The minimum atomic E-state index is -0.437. The smallest absolute Gasteiger partial charge is 0.258 e. The second kappa shape index (κ2) is 5.01. The fourth-order valence-corrected chi connectivity index (χ4v) is 3.09. The third kappa shape index (κ3) is 2.11. The number of nitrogens with zero attached hydrogens (tertiary/aromatic N) is 2. The molecule has 2 heterocycles. The Morgan fingerprint density at radius 1 is 0.609 bits per heavy atom. The van der Waals surface area contributed by atoms with Crippen molar-refractivity contribution in [2.45, 2.75) is 20.8 Å². The molecule has 3 rings (SSSR count). The van der Waals surface area contributed by atoms with Crippen LogP contribution in [0.4, 0.5) is 11.4 Å². The molecule has 6 nitrogen and oxygen atoms in total. The van der Waals surface area contributed by atoms with Crippen molar-refractivity contribution in [3.05, 3.63) is 47.1 Å². The summed E-state index contributed by atoms with van der Waals surface area (Å²) >= 11 is 0. The Hall–Kier alpha value is -3.02. The molecule has 0 aromatic heterocycles.